The molecule has 0 saturated heterocycles. The van der Waals surface area contributed by atoms with Gasteiger partial charge in [-0.05, 0) is 43.7 Å². The minimum atomic E-state index is -4.55. The van der Waals surface area contributed by atoms with Crippen LogP contribution in [0.5, 0.6) is 0 Å². The van der Waals surface area contributed by atoms with Gasteiger partial charge in [-0.2, -0.15) is 13.2 Å². The summed E-state index contributed by atoms with van der Waals surface area (Å²) in [5.41, 5.74) is -0.677. The molecule has 0 atom stereocenters. The van der Waals surface area contributed by atoms with Gasteiger partial charge in [-0.3, -0.25) is 10.1 Å². The van der Waals surface area contributed by atoms with Crippen molar-refractivity contribution in [3.05, 3.63) is 75.1 Å². The Hall–Kier alpha value is -3.18. The van der Waals surface area contributed by atoms with Gasteiger partial charge in [-0.15, -0.1) is 11.3 Å². The molecule has 0 bridgehead atoms. The first-order valence-corrected chi connectivity index (χ1v) is 11.1. The van der Waals surface area contributed by atoms with Gasteiger partial charge in [0.1, 0.15) is 28.6 Å². The lowest BCUT2D eigenvalue weighted by Crippen LogP contribution is -2.15. The van der Waals surface area contributed by atoms with E-state index in [1.165, 1.54) is 23.5 Å². The van der Waals surface area contributed by atoms with E-state index in [0.717, 1.165) is 51.6 Å². The number of anilines is 1. The zero-order valence-corrected chi connectivity index (χ0v) is 18.7. The van der Waals surface area contributed by atoms with Gasteiger partial charge >= 0.3 is 6.18 Å². The van der Waals surface area contributed by atoms with Crippen molar-refractivity contribution in [3.8, 4) is 21.8 Å². The molecule has 0 spiro atoms. The van der Waals surface area contributed by atoms with Crippen molar-refractivity contribution in [2.75, 3.05) is 5.32 Å². The van der Waals surface area contributed by atoms with E-state index in [1.807, 2.05) is 0 Å². The van der Waals surface area contributed by atoms with Crippen molar-refractivity contribution in [1.29, 1.82) is 0 Å². The zero-order chi connectivity index (χ0) is 23.9. The van der Waals surface area contributed by atoms with Crippen molar-refractivity contribution in [1.82, 2.24) is 9.97 Å². The fourth-order valence-corrected chi connectivity index (χ4v) is 4.97. The molecule has 1 amide bonds. The molecule has 0 radical (unpaired) electrons. The van der Waals surface area contributed by atoms with Crippen molar-refractivity contribution < 1.29 is 26.7 Å². The standard InChI is InChI=1S/C22H14F5N3OS2/c1-10-17(28-11(2)32-10)18-19(12-5-3-6-13(9-12)22(25,26)27)33-21(29-18)30-20(31)16-14(23)7-4-8-15(16)24/h3-9H,1-2H3,(H,29,30,31). The van der Waals surface area contributed by atoms with Crippen LogP contribution in [-0.4, -0.2) is 15.9 Å². The highest BCUT2D eigenvalue weighted by Crippen LogP contribution is 2.42. The highest BCUT2D eigenvalue weighted by molar-refractivity contribution is 7.19. The summed E-state index contributed by atoms with van der Waals surface area (Å²) in [5, 5.41) is 3.05. The van der Waals surface area contributed by atoms with Crippen LogP contribution in [0.3, 0.4) is 0 Å². The van der Waals surface area contributed by atoms with Crippen molar-refractivity contribution >= 4 is 33.7 Å². The number of carbonyl (C=O) groups is 1. The molecule has 0 unspecified atom stereocenters. The number of hydrogen-bond acceptors (Lipinski definition) is 5. The monoisotopic (exact) mass is 495 g/mol. The third kappa shape index (κ3) is 4.64. The molecule has 11 heteroatoms. The molecule has 4 aromatic rings. The number of nitrogens with one attached hydrogen (secondary N) is 1. The van der Waals surface area contributed by atoms with Gasteiger partial charge in [0.15, 0.2) is 5.13 Å². The smallest absolute Gasteiger partial charge is 0.298 e. The highest BCUT2D eigenvalue weighted by Gasteiger charge is 2.31. The average molecular weight is 495 g/mol. The van der Waals surface area contributed by atoms with E-state index in [4.69, 9.17) is 0 Å². The molecule has 0 aliphatic heterocycles. The third-order valence-corrected chi connectivity index (χ3v) is 6.52. The Labute approximate surface area is 192 Å². The number of carbonyl (C=O) groups excluding carboxylic acids is 1. The second-order valence-electron chi connectivity index (χ2n) is 6.96. The van der Waals surface area contributed by atoms with E-state index in [2.05, 4.69) is 15.3 Å². The van der Waals surface area contributed by atoms with Gasteiger partial charge in [-0.25, -0.2) is 18.7 Å². The number of aryl methyl sites for hydroxylation is 2. The topological polar surface area (TPSA) is 54.9 Å². The minimum Gasteiger partial charge on any atom is -0.298 e. The summed E-state index contributed by atoms with van der Waals surface area (Å²) in [6.07, 6.45) is -4.55. The van der Waals surface area contributed by atoms with Crippen LogP contribution in [0, 0.1) is 25.5 Å². The molecule has 4 nitrogen and oxygen atoms in total. The Morgan fingerprint density at radius 3 is 2.21 bits per heavy atom. The fraction of sp³-hybridized carbons (Fsp3) is 0.136. The molecule has 0 aliphatic rings. The first-order chi connectivity index (χ1) is 15.5. The van der Waals surface area contributed by atoms with Crippen LogP contribution in [0.4, 0.5) is 27.1 Å². The van der Waals surface area contributed by atoms with E-state index in [-0.39, 0.29) is 16.4 Å². The fourth-order valence-electron chi connectivity index (χ4n) is 3.19. The average Bonchev–Trinajstić information content (AvgIpc) is 3.29. The van der Waals surface area contributed by atoms with Crippen LogP contribution in [0.15, 0.2) is 42.5 Å². The highest BCUT2D eigenvalue weighted by atomic mass is 32.1. The summed E-state index contributed by atoms with van der Waals surface area (Å²) in [6, 6.07) is 7.71. The molecule has 0 fully saturated rings. The molecule has 4 rings (SSSR count). The number of benzene rings is 2. The Morgan fingerprint density at radius 2 is 1.61 bits per heavy atom. The number of halogens is 5. The second-order valence-corrected chi connectivity index (χ2v) is 9.37. The third-order valence-electron chi connectivity index (χ3n) is 4.62. The summed E-state index contributed by atoms with van der Waals surface area (Å²) in [6.45, 7) is 3.57. The lowest BCUT2D eigenvalue weighted by molar-refractivity contribution is -0.137. The maximum atomic E-state index is 14.0. The lowest BCUT2D eigenvalue weighted by Gasteiger charge is -2.08. The van der Waals surface area contributed by atoms with Gasteiger partial charge in [-0.1, -0.05) is 29.5 Å². The van der Waals surface area contributed by atoms with E-state index in [0.29, 0.717) is 10.6 Å². The van der Waals surface area contributed by atoms with Crippen molar-refractivity contribution in [2.45, 2.75) is 20.0 Å². The van der Waals surface area contributed by atoms with Crippen molar-refractivity contribution in [3.63, 3.8) is 0 Å². The molecule has 0 aliphatic carbocycles. The lowest BCUT2D eigenvalue weighted by atomic mass is 10.1. The summed E-state index contributed by atoms with van der Waals surface area (Å²) in [7, 11) is 0. The van der Waals surface area contributed by atoms with Crippen LogP contribution in [0.2, 0.25) is 0 Å². The maximum absolute atomic E-state index is 14.0. The van der Waals surface area contributed by atoms with Crippen LogP contribution in [0.25, 0.3) is 21.8 Å². The number of alkyl halides is 3. The van der Waals surface area contributed by atoms with Crippen LogP contribution in [0.1, 0.15) is 25.8 Å². The van der Waals surface area contributed by atoms with E-state index in [1.54, 1.807) is 13.8 Å². The van der Waals surface area contributed by atoms with Gasteiger partial charge in [0.25, 0.3) is 5.91 Å². The normalized spacial score (nSPS) is 11.6. The van der Waals surface area contributed by atoms with Gasteiger partial charge < -0.3 is 0 Å². The van der Waals surface area contributed by atoms with Crippen LogP contribution >= 0.6 is 22.7 Å². The molecule has 2 heterocycles. The maximum Gasteiger partial charge on any atom is 0.416 e. The Morgan fingerprint density at radius 1 is 0.939 bits per heavy atom. The predicted molar refractivity (Wildman–Crippen MR) is 117 cm³/mol. The van der Waals surface area contributed by atoms with Gasteiger partial charge in [0.2, 0.25) is 0 Å². The Bertz CT molecular complexity index is 1340. The van der Waals surface area contributed by atoms with E-state index >= 15 is 0 Å². The molecule has 1 N–H and O–H groups in total. The first kappa shape index (κ1) is 23.0. The number of aromatic nitrogens is 2. The molecule has 2 aromatic carbocycles. The van der Waals surface area contributed by atoms with Crippen LogP contribution in [-0.2, 0) is 6.18 Å². The number of hydrogen-bond donors (Lipinski definition) is 1. The Balaban J connectivity index is 1.82. The Kier molecular flexibility index (Phi) is 6.02. The molecular weight excluding hydrogens is 481 g/mol. The molecule has 33 heavy (non-hydrogen) atoms. The number of nitrogens with zero attached hydrogens (tertiary/aromatic N) is 2. The van der Waals surface area contributed by atoms with E-state index < -0.39 is 34.8 Å². The van der Waals surface area contributed by atoms with Gasteiger partial charge in [0.05, 0.1) is 15.4 Å². The quantitative estimate of drug-likeness (QED) is 0.307. The summed E-state index contributed by atoms with van der Waals surface area (Å²) < 4.78 is 67.8. The predicted octanol–water partition coefficient (Wildman–Crippen LogP) is 7.10. The molecule has 170 valence electrons. The summed E-state index contributed by atoms with van der Waals surface area (Å²) in [4.78, 5) is 22.4. The summed E-state index contributed by atoms with van der Waals surface area (Å²) >= 11 is 2.28. The molecule has 0 saturated carbocycles. The summed E-state index contributed by atoms with van der Waals surface area (Å²) in [5.74, 6) is -3.16. The number of amides is 1. The number of rotatable bonds is 4. The van der Waals surface area contributed by atoms with Crippen molar-refractivity contribution in [2.24, 2.45) is 0 Å². The molecule has 2 aromatic heterocycles. The molecular formula is C22H14F5N3OS2. The second kappa shape index (κ2) is 8.64. The van der Waals surface area contributed by atoms with Gasteiger partial charge in [0, 0.05) is 4.88 Å². The SMILES string of the molecule is Cc1nc(-c2nc(NC(=O)c3c(F)cccc3F)sc2-c2cccc(C(F)(F)F)c2)c(C)s1. The number of thiazole rings is 2. The van der Waals surface area contributed by atoms with Crippen LogP contribution < -0.4 is 5.32 Å². The zero-order valence-electron chi connectivity index (χ0n) is 17.1. The first-order valence-electron chi connectivity index (χ1n) is 9.43. The largest absolute Gasteiger partial charge is 0.416 e. The van der Waals surface area contributed by atoms with E-state index in [9.17, 15) is 26.7 Å². The minimum absolute atomic E-state index is 0.0323.